The molecule has 0 aliphatic heterocycles. The Labute approximate surface area is 128 Å². The Morgan fingerprint density at radius 3 is 2.23 bits per heavy atom. The molecule has 2 rings (SSSR count). The van der Waals surface area contributed by atoms with Gasteiger partial charge in [-0.05, 0) is 6.07 Å². The van der Waals surface area contributed by atoms with Crippen molar-refractivity contribution in [2.75, 3.05) is 26.1 Å². The fourth-order valence-electron chi connectivity index (χ4n) is 2.25. The van der Waals surface area contributed by atoms with E-state index in [0.717, 1.165) is 5.56 Å². The number of anilines is 1. The minimum Gasteiger partial charge on any atom is -0.374 e. The van der Waals surface area contributed by atoms with Gasteiger partial charge in [-0.15, -0.1) is 0 Å². The summed E-state index contributed by atoms with van der Waals surface area (Å²) in [6.45, 7) is 0.231. The minimum absolute atomic E-state index is 0.0108. The number of rotatable bonds is 7. The van der Waals surface area contributed by atoms with Crippen molar-refractivity contribution >= 4 is 11.4 Å². The van der Waals surface area contributed by atoms with Crippen LogP contribution in [0.2, 0.25) is 0 Å². The van der Waals surface area contributed by atoms with Gasteiger partial charge < -0.3 is 14.8 Å². The van der Waals surface area contributed by atoms with Crippen molar-refractivity contribution in [1.82, 2.24) is 0 Å². The Balaban J connectivity index is 2.26. The molecule has 0 aliphatic rings. The number of methoxy groups -OCH3 is 2. The normalized spacial score (nSPS) is 11.2. The lowest BCUT2D eigenvalue weighted by Gasteiger charge is -2.31. The number of para-hydroxylation sites is 2. The Bertz CT molecular complexity index is 627. The van der Waals surface area contributed by atoms with Gasteiger partial charge in [-0.3, -0.25) is 10.1 Å². The highest BCUT2D eigenvalue weighted by Crippen LogP contribution is 2.29. The molecule has 6 nitrogen and oxygen atoms in total. The molecule has 6 heteroatoms. The summed E-state index contributed by atoms with van der Waals surface area (Å²) < 4.78 is 11.1. The fraction of sp³-hybridized carbons (Fsp3) is 0.250. The lowest BCUT2D eigenvalue weighted by Crippen LogP contribution is -2.38. The van der Waals surface area contributed by atoms with E-state index in [1.54, 1.807) is 18.2 Å². The topological polar surface area (TPSA) is 73.6 Å². The van der Waals surface area contributed by atoms with E-state index in [2.05, 4.69) is 5.32 Å². The summed E-state index contributed by atoms with van der Waals surface area (Å²) in [5.41, 5.74) is 1.25. The number of nitro benzene ring substituents is 1. The first-order valence-electron chi connectivity index (χ1n) is 6.76. The van der Waals surface area contributed by atoms with Crippen LogP contribution in [0.1, 0.15) is 5.56 Å². The van der Waals surface area contributed by atoms with Gasteiger partial charge in [-0.2, -0.15) is 0 Å². The Morgan fingerprint density at radius 2 is 1.64 bits per heavy atom. The van der Waals surface area contributed by atoms with Crippen LogP contribution >= 0.6 is 0 Å². The van der Waals surface area contributed by atoms with Crippen molar-refractivity contribution in [2.45, 2.75) is 5.79 Å². The van der Waals surface area contributed by atoms with Crippen molar-refractivity contribution in [3.8, 4) is 0 Å². The van der Waals surface area contributed by atoms with Gasteiger partial charge in [0, 0.05) is 25.8 Å². The molecule has 0 aliphatic carbocycles. The van der Waals surface area contributed by atoms with Crippen LogP contribution in [0.5, 0.6) is 0 Å². The van der Waals surface area contributed by atoms with Crippen LogP contribution < -0.4 is 5.32 Å². The van der Waals surface area contributed by atoms with Crippen LogP contribution in [0.3, 0.4) is 0 Å². The van der Waals surface area contributed by atoms with Gasteiger partial charge in [-0.25, -0.2) is 0 Å². The van der Waals surface area contributed by atoms with Crippen molar-refractivity contribution in [2.24, 2.45) is 0 Å². The largest absolute Gasteiger partial charge is 0.374 e. The molecule has 0 saturated carbocycles. The zero-order chi connectivity index (χ0) is 16.0. The van der Waals surface area contributed by atoms with E-state index in [1.807, 2.05) is 30.3 Å². The van der Waals surface area contributed by atoms with Crippen LogP contribution in [-0.2, 0) is 15.3 Å². The molecule has 0 radical (unpaired) electrons. The second-order valence-corrected chi connectivity index (χ2v) is 4.65. The maximum atomic E-state index is 11.1. The van der Waals surface area contributed by atoms with Crippen LogP contribution in [-0.4, -0.2) is 25.7 Å². The Kier molecular flexibility index (Phi) is 5.08. The minimum atomic E-state index is -1.02. The summed E-state index contributed by atoms with van der Waals surface area (Å²) in [6, 6.07) is 15.9. The highest BCUT2D eigenvalue weighted by atomic mass is 16.7. The van der Waals surface area contributed by atoms with E-state index in [9.17, 15) is 10.1 Å². The lowest BCUT2D eigenvalue weighted by molar-refractivity contribution is -0.384. The summed E-state index contributed by atoms with van der Waals surface area (Å²) in [5, 5.41) is 14.1. The number of hydrogen-bond donors (Lipinski definition) is 1. The molecule has 0 aromatic heterocycles. The van der Waals surface area contributed by atoms with E-state index in [-0.39, 0.29) is 12.2 Å². The number of nitrogens with one attached hydrogen (secondary N) is 1. The standard InChI is InChI=1S/C16H18N2O4/c1-21-16(22-2,13-8-4-3-5-9-13)12-17-14-10-6-7-11-15(14)18(19)20/h3-11,17H,12H2,1-2H3. The van der Waals surface area contributed by atoms with Crippen molar-refractivity contribution in [3.63, 3.8) is 0 Å². The van der Waals surface area contributed by atoms with Gasteiger partial charge in [-0.1, -0.05) is 42.5 Å². The second kappa shape index (κ2) is 7.02. The molecule has 0 unspecified atom stereocenters. The zero-order valence-corrected chi connectivity index (χ0v) is 12.5. The Hall–Kier alpha value is -2.44. The molecule has 0 heterocycles. The van der Waals surface area contributed by atoms with Gasteiger partial charge >= 0.3 is 0 Å². The first-order chi connectivity index (χ1) is 10.6. The van der Waals surface area contributed by atoms with Gasteiger partial charge in [0.2, 0.25) is 5.79 Å². The quantitative estimate of drug-likeness (QED) is 0.483. The van der Waals surface area contributed by atoms with Gasteiger partial charge in [0.15, 0.2) is 0 Å². The molecule has 2 aromatic carbocycles. The molecule has 0 fully saturated rings. The number of benzene rings is 2. The van der Waals surface area contributed by atoms with E-state index in [4.69, 9.17) is 9.47 Å². The molecule has 0 saturated heterocycles. The number of ether oxygens (including phenoxy) is 2. The lowest BCUT2D eigenvalue weighted by atomic mass is 10.1. The first-order valence-corrected chi connectivity index (χ1v) is 6.76. The first kappa shape index (κ1) is 15.9. The summed E-state index contributed by atoms with van der Waals surface area (Å²) in [7, 11) is 3.08. The SMILES string of the molecule is COC(CNc1ccccc1[N+](=O)[O-])(OC)c1ccccc1. The van der Waals surface area contributed by atoms with Gasteiger partial charge in [0.1, 0.15) is 5.69 Å². The predicted molar refractivity (Wildman–Crippen MR) is 83.7 cm³/mol. The van der Waals surface area contributed by atoms with E-state index < -0.39 is 10.7 Å². The summed E-state index contributed by atoms with van der Waals surface area (Å²) in [6.07, 6.45) is 0. The smallest absolute Gasteiger partial charge is 0.292 e. The monoisotopic (exact) mass is 302 g/mol. The van der Waals surface area contributed by atoms with Crippen LogP contribution in [0.25, 0.3) is 0 Å². The number of hydrogen-bond acceptors (Lipinski definition) is 5. The van der Waals surface area contributed by atoms with E-state index >= 15 is 0 Å². The summed E-state index contributed by atoms with van der Waals surface area (Å²) >= 11 is 0. The third-order valence-electron chi connectivity index (χ3n) is 3.49. The van der Waals surface area contributed by atoms with E-state index in [0.29, 0.717) is 5.69 Å². The van der Waals surface area contributed by atoms with Gasteiger partial charge in [0.05, 0.1) is 11.5 Å². The average Bonchev–Trinajstić information content (AvgIpc) is 2.57. The second-order valence-electron chi connectivity index (χ2n) is 4.65. The summed E-state index contributed by atoms with van der Waals surface area (Å²) in [4.78, 5) is 10.6. The zero-order valence-electron chi connectivity index (χ0n) is 12.5. The molecule has 0 atom stereocenters. The van der Waals surface area contributed by atoms with Crippen LogP contribution in [0.15, 0.2) is 54.6 Å². The molecule has 2 aromatic rings. The van der Waals surface area contributed by atoms with Crippen molar-refractivity contribution in [3.05, 3.63) is 70.3 Å². The molecular weight excluding hydrogens is 284 g/mol. The third-order valence-corrected chi connectivity index (χ3v) is 3.49. The van der Waals surface area contributed by atoms with Crippen molar-refractivity contribution in [1.29, 1.82) is 0 Å². The van der Waals surface area contributed by atoms with Crippen LogP contribution in [0, 0.1) is 10.1 Å². The van der Waals surface area contributed by atoms with E-state index in [1.165, 1.54) is 20.3 Å². The predicted octanol–water partition coefficient (Wildman–Crippen LogP) is 3.15. The maximum absolute atomic E-state index is 11.1. The highest BCUT2D eigenvalue weighted by molar-refractivity contribution is 5.61. The fourth-order valence-corrected chi connectivity index (χ4v) is 2.25. The van der Waals surface area contributed by atoms with Gasteiger partial charge in [0.25, 0.3) is 5.69 Å². The molecule has 0 spiro atoms. The highest BCUT2D eigenvalue weighted by Gasteiger charge is 2.32. The van der Waals surface area contributed by atoms with Crippen LogP contribution in [0.4, 0.5) is 11.4 Å². The molecule has 22 heavy (non-hydrogen) atoms. The number of nitrogens with zero attached hydrogens (tertiary/aromatic N) is 1. The molecular formula is C16H18N2O4. The molecule has 1 N–H and O–H groups in total. The third kappa shape index (κ3) is 3.24. The average molecular weight is 302 g/mol. The molecule has 0 amide bonds. The Morgan fingerprint density at radius 1 is 1.05 bits per heavy atom. The maximum Gasteiger partial charge on any atom is 0.292 e. The molecule has 116 valence electrons. The molecule has 0 bridgehead atoms. The van der Waals surface area contributed by atoms with Crippen molar-refractivity contribution < 1.29 is 14.4 Å². The summed E-state index contributed by atoms with van der Waals surface area (Å²) in [5.74, 6) is -1.02. The number of nitro groups is 1.